The van der Waals surface area contributed by atoms with Crippen molar-refractivity contribution in [2.45, 2.75) is 13.3 Å². The van der Waals surface area contributed by atoms with Gasteiger partial charge in [-0.3, -0.25) is 4.90 Å². The largest absolute Gasteiger partial charge is 0.465 e. The number of thiophene rings is 1. The monoisotopic (exact) mass is 283 g/mol. The van der Waals surface area contributed by atoms with Crippen LogP contribution in [0.3, 0.4) is 0 Å². The van der Waals surface area contributed by atoms with E-state index in [4.69, 9.17) is 10.5 Å². The molecule has 2 N–H and O–H groups in total. The maximum atomic E-state index is 11.5. The molecule has 0 radical (unpaired) electrons. The highest BCUT2D eigenvalue weighted by Crippen LogP contribution is 2.33. The fourth-order valence-corrected chi connectivity index (χ4v) is 3.36. The molecular weight excluding hydrogens is 262 g/mol. The first-order valence-corrected chi connectivity index (χ1v) is 7.42. The van der Waals surface area contributed by atoms with Crippen molar-refractivity contribution in [3.05, 3.63) is 10.9 Å². The van der Waals surface area contributed by atoms with Gasteiger partial charge in [-0.05, 0) is 19.0 Å². The van der Waals surface area contributed by atoms with Crippen LogP contribution in [-0.4, -0.2) is 50.7 Å². The number of nitrogen functional groups attached to an aromatic ring is 1. The van der Waals surface area contributed by atoms with Crippen molar-refractivity contribution in [3.63, 3.8) is 0 Å². The molecular formula is C13H21N3O2S. The van der Waals surface area contributed by atoms with Crippen LogP contribution in [0.25, 0.3) is 0 Å². The van der Waals surface area contributed by atoms with Crippen LogP contribution in [0.2, 0.25) is 0 Å². The first-order valence-electron chi connectivity index (χ1n) is 6.60. The Labute approximate surface area is 117 Å². The molecule has 0 saturated carbocycles. The maximum absolute atomic E-state index is 11.5. The molecule has 1 aromatic rings. The van der Waals surface area contributed by atoms with Crippen LogP contribution in [0.5, 0.6) is 0 Å². The van der Waals surface area contributed by atoms with E-state index in [2.05, 4.69) is 16.7 Å². The molecule has 1 aliphatic rings. The summed E-state index contributed by atoms with van der Waals surface area (Å²) in [6, 6.07) is 1.88. The lowest BCUT2D eigenvalue weighted by molar-refractivity contribution is 0.0607. The smallest absolute Gasteiger partial charge is 0.350 e. The quantitative estimate of drug-likeness (QED) is 0.851. The molecule has 1 fully saturated rings. The SMILES string of the molecule is CCCN1CCN(c2cc(N)c(C(=O)OC)s2)CC1. The minimum atomic E-state index is -0.349. The fraction of sp³-hybridized carbons (Fsp3) is 0.615. The summed E-state index contributed by atoms with van der Waals surface area (Å²) >= 11 is 1.42. The molecule has 0 spiro atoms. The van der Waals surface area contributed by atoms with Gasteiger partial charge >= 0.3 is 5.97 Å². The lowest BCUT2D eigenvalue weighted by atomic mass is 10.3. The van der Waals surface area contributed by atoms with Gasteiger partial charge in [-0.15, -0.1) is 11.3 Å². The van der Waals surface area contributed by atoms with E-state index in [1.54, 1.807) is 0 Å². The molecule has 0 unspecified atom stereocenters. The Morgan fingerprint density at radius 1 is 1.42 bits per heavy atom. The van der Waals surface area contributed by atoms with E-state index < -0.39 is 0 Å². The van der Waals surface area contributed by atoms with E-state index in [0.717, 1.165) is 37.7 Å². The van der Waals surface area contributed by atoms with Crippen molar-refractivity contribution in [3.8, 4) is 0 Å². The van der Waals surface area contributed by atoms with Crippen molar-refractivity contribution in [2.24, 2.45) is 0 Å². The Bertz CT molecular complexity index is 439. The predicted molar refractivity (Wildman–Crippen MR) is 79.0 cm³/mol. The van der Waals surface area contributed by atoms with Gasteiger partial charge in [0.05, 0.1) is 17.8 Å². The lowest BCUT2D eigenvalue weighted by Gasteiger charge is -2.35. The second-order valence-corrected chi connectivity index (χ2v) is 5.72. The molecule has 0 amide bonds. The molecule has 2 rings (SSSR count). The number of esters is 1. The molecule has 0 aromatic carbocycles. The molecule has 1 aromatic heterocycles. The maximum Gasteiger partial charge on any atom is 0.350 e. The minimum Gasteiger partial charge on any atom is -0.465 e. The summed E-state index contributed by atoms with van der Waals surface area (Å²) in [6.07, 6.45) is 1.19. The standard InChI is InChI=1S/C13H21N3O2S/c1-3-4-15-5-7-16(8-6-15)11-9-10(14)12(19-11)13(17)18-2/h9H,3-8,14H2,1-2H3. The summed E-state index contributed by atoms with van der Waals surface area (Å²) < 4.78 is 4.73. The Hall–Kier alpha value is -1.27. The number of nitrogens with zero attached hydrogens (tertiary/aromatic N) is 2. The molecule has 0 atom stereocenters. The molecule has 19 heavy (non-hydrogen) atoms. The van der Waals surface area contributed by atoms with Crippen LogP contribution in [0.4, 0.5) is 10.7 Å². The minimum absolute atomic E-state index is 0.349. The van der Waals surface area contributed by atoms with Crippen LogP contribution < -0.4 is 10.6 Å². The summed E-state index contributed by atoms with van der Waals surface area (Å²) in [5.41, 5.74) is 6.39. The zero-order valence-corrected chi connectivity index (χ0v) is 12.3. The number of hydrogen-bond donors (Lipinski definition) is 1. The van der Waals surface area contributed by atoms with Crippen LogP contribution >= 0.6 is 11.3 Å². The molecule has 1 saturated heterocycles. The molecule has 0 aliphatic carbocycles. The fourth-order valence-electron chi connectivity index (χ4n) is 2.31. The normalized spacial score (nSPS) is 16.6. The Morgan fingerprint density at radius 3 is 2.68 bits per heavy atom. The summed E-state index contributed by atoms with van der Waals surface area (Å²) in [7, 11) is 1.38. The Balaban J connectivity index is 2.02. The van der Waals surface area contributed by atoms with Gasteiger partial charge in [0.25, 0.3) is 0 Å². The van der Waals surface area contributed by atoms with E-state index in [1.807, 2.05) is 6.07 Å². The van der Waals surface area contributed by atoms with E-state index in [0.29, 0.717) is 10.6 Å². The molecule has 0 bridgehead atoms. The number of nitrogens with two attached hydrogens (primary N) is 1. The van der Waals surface area contributed by atoms with Crippen molar-refractivity contribution >= 4 is 28.0 Å². The molecule has 106 valence electrons. The van der Waals surface area contributed by atoms with Gasteiger partial charge in [0.2, 0.25) is 0 Å². The van der Waals surface area contributed by atoms with Crippen LogP contribution in [0, 0.1) is 0 Å². The topological polar surface area (TPSA) is 58.8 Å². The molecule has 5 nitrogen and oxygen atoms in total. The average Bonchev–Trinajstić information content (AvgIpc) is 2.81. The third kappa shape index (κ3) is 3.19. The molecule has 6 heteroatoms. The van der Waals surface area contributed by atoms with E-state index >= 15 is 0 Å². The van der Waals surface area contributed by atoms with E-state index in [-0.39, 0.29) is 5.97 Å². The summed E-state index contributed by atoms with van der Waals surface area (Å²) in [5.74, 6) is -0.349. The summed E-state index contributed by atoms with van der Waals surface area (Å²) in [6.45, 7) is 7.47. The first-order chi connectivity index (χ1) is 9.15. The van der Waals surface area contributed by atoms with E-state index in [9.17, 15) is 4.79 Å². The van der Waals surface area contributed by atoms with Gasteiger partial charge in [-0.2, -0.15) is 0 Å². The van der Waals surface area contributed by atoms with Gasteiger partial charge in [0, 0.05) is 26.2 Å². The van der Waals surface area contributed by atoms with Crippen molar-refractivity contribution in [1.29, 1.82) is 0 Å². The highest BCUT2D eigenvalue weighted by Gasteiger charge is 2.21. The Morgan fingerprint density at radius 2 is 2.11 bits per heavy atom. The van der Waals surface area contributed by atoms with Gasteiger partial charge in [0.15, 0.2) is 0 Å². The third-order valence-electron chi connectivity index (χ3n) is 3.34. The van der Waals surface area contributed by atoms with Crippen LogP contribution in [0.15, 0.2) is 6.07 Å². The number of methoxy groups -OCH3 is 1. The van der Waals surface area contributed by atoms with Gasteiger partial charge < -0.3 is 15.4 Å². The van der Waals surface area contributed by atoms with Crippen molar-refractivity contribution in [2.75, 3.05) is 50.5 Å². The van der Waals surface area contributed by atoms with Crippen molar-refractivity contribution < 1.29 is 9.53 Å². The van der Waals surface area contributed by atoms with Gasteiger partial charge in [-0.25, -0.2) is 4.79 Å². The Kier molecular flexibility index (Phi) is 4.66. The molecule has 2 heterocycles. The summed E-state index contributed by atoms with van der Waals surface area (Å²) in [4.78, 5) is 16.8. The van der Waals surface area contributed by atoms with Crippen LogP contribution in [-0.2, 0) is 4.74 Å². The number of hydrogen-bond acceptors (Lipinski definition) is 6. The van der Waals surface area contributed by atoms with Crippen molar-refractivity contribution in [1.82, 2.24) is 4.90 Å². The number of ether oxygens (including phenoxy) is 1. The number of anilines is 2. The number of carbonyl (C=O) groups excluding carboxylic acids is 1. The zero-order chi connectivity index (χ0) is 13.8. The lowest BCUT2D eigenvalue weighted by Crippen LogP contribution is -2.46. The number of rotatable bonds is 4. The van der Waals surface area contributed by atoms with Crippen LogP contribution in [0.1, 0.15) is 23.0 Å². The number of carbonyl (C=O) groups is 1. The third-order valence-corrected chi connectivity index (χ3v) is 4.53. The zero-order valence-electron chi connectivity index (χ0n) is 11.5. The van der Waals surface area contributed by atoms with Gasteiger partial charge in [0.1, 0.15) is 4.88 Å². The molecule has 1 aliphatic heterocycles. The second kappa shape index (κ2) is 6.25. The van der Waals surface area contributed by atoms with Gasteiger partial charge in [-0.1, -0.05) is 6.92 Å². The average molecular weight is 283 g/mol. The first kappa shape index (κ1) is 14.1. The number of piperazine rings is 1. The highest BCUT2D eigenvalue weighted by atomic mass is 32.1. The van der Waals surface area contributed by atoms with E-state index in [1.165, 1.54) is 24.9 Å². The second-order valence-electron chi connectivity index (χ2n) is 4.69. The predicted octanol–water partition coefficient (Wildman–Crippen LogP) is 1.65. The summed E-state index contributed by atoms with van der Waals surface area (Å²) in [5, 5.41) is 1.06. The highest BCUT2D eigenvalue weighted by molar-refractivity contribution is 7.18.